The van der Waals surface area contributed by atoms with Crippen molar-refractivity contribution in [2.24, 2.45) is 0 Å². The van der Waals surface area contributed by atoms with E-state index >= 15 is 0 Å². The molecule has 2 heterocycles. The minimum Gasteiger partial charge on any atom is -0.329 e. The maximum Gasteiger partial charge on any atom is 0.255 e. The molecule has 154 valence electrons. The summed E-state index contributed by atoms with van der Waals surface area (Å²) in [6.07, 6.45) is 0. The molecule has 0 saturated carbocycles. The Bertz CT molecular complexity index is 1320. The number of nitrogens with one attached hydrogen (secondary N) is 2. The number of anilines is 2. The standard InChI is InChI=1S/C25H21ClN4O/c1-15-7-9-17(10-8-15)23-22(24(31)28-19-13-11-18(26)12-14-19)16(2)27-25-29-20-5-3-4-6-21(20)30(23)25/h3-14,23H,1-2H3,(H,27,29)(H,28,31). The van der Waals surface area contributed by atoms with Crippen molar-refractivity contribution >= 4 is 40.2 Å². The van der Waals surface area contributed by atoms with Gasteiger partial charge < -0.3 is 10.6 Å². The topological polar surface area (TPSA) is 59.0 Å². The Kier molecular flexibility index (Phi) is 4.75. The van der Waals surface area contributed by atoms with Crippen molar-refractivity contribution in [2.75, 3.05) is 10.6 Å². The smallest absolute Gasteiger partial charge is 0.255 e. The van der Waals surface area contributed by atoms with Gasteiger partial charge in [-0.2, -0.15) is 0 Å². The molecule has 4 aromatic rings. The zero-order valence-corrected chi connectivity index (χ0v) is 17.9. The number of benzene rings is 3. The maximum absolute atomic E-state index is 13.5. The molecule has 6 heteroatoms. The largest absolute Gasteiger partial charge is 0.329 e. The normalized spacial score (nSPS) is 15.5. The summed E-state index contributed by atoms with van der Waals surface area (Å²) in [4.78, 5) is 18.3. The molecule has 0 saturated heterocycles. The van der Waals surface area contributed by atoms with E-state index in [4.69, 9.17) is 16.6 Å². The minimum atomic E-state index is -0.309. The molecule has 0 spiro atoms. The highest BCUT2D eigenvalue weighted by Crippen LogP contribution is 2.39. The summed E-state index contributed by atoms with van der Waals surface area (Å²) in [5.74, 6) is 0.564. The third kappa shape index (κ3) is 3.47. The number of para-hydroxylation sites is 2. The van der Waals surface area contributed by atoms with Crippen LogP contribution in [0.3, 0.4) is 0 Å². The minimum absolute atomic E-state index is 0.165. The lowest BCUT2D eigenvalue weighted by molar-refractivity contribution is -0.113. The molecule has 3 aromatic carbocycles. The number of carbonyl (C=O) groups is 1. The van der Waals surface area contributed by atoms with E-state index in [1.54, 1.807) is 24.3 Å². The first kappa shape index (κ1) is 19.4. The molecular weight excluding hydrogens is 408 g/mol. The van der Waals surface area contributed by atoms with Crippen LogP contribution in [0.15, 0.2) is 84.1 Å². The van der Waals surface area contributed by atoms with Gasteiger partial charge in [-0.05, 0) is 55.8 Å². The monoisotopic (exact) mass is 428 g/mol. The number of hydrogen-bond donors (Lipinski definition) is 2. The fourth-order valence-corrected chi connectivity index (χ4v) is 4.18. The van der Waals surface area contributed by atoms with Crippen molar-refractivity contribution in [2.45, 2.75) is 19.9 Å². The lowest BCUT2D eigenvalue weighted by atomic mass is 9.93. The molecule has 1 aliphatic rings. The van der Waals surface area contributed by atoms with Crippen molar-refractivity contribution in [3.8, 4) is 0 Å². The van der Waals surface area contributed by atoms with Gasteiger partial charge in [-0.1, -0.05) is 53.6 Å². The van der Waals surface area contributed by atoms with Crippen molar-refractivity contribution < 1.29 is 4.79 Å². The SMILES string of the molecule is CC1=C(C(=O)Nc2ccc(Cl)cc2)C(c2ccc(C)cc2)n2c(nc3ccccc32)N1. The van der Waals surface area contributed by atoms with E-state index in [-0.39, 0.29) is 11.9 Å². The molecule has 0 bridgehead atoms. The van der Waals surface area contributed by atoms with E-state index in [9.17, 15) is 4.79 Å². The number of aryl methyl sites for hydroxylation is 1. The Hall–Kier alpha value is -3.57. The fourth-order valence-electron chi connectivity index (χ4n) is 4.05. The van der Waals surface area contributed by atoms with Gasteiger partial charge in [-0.25, -0.2) is 4.98 Å². The van der Waals surface area contributed by atoms with E-state index < -0.39 is 0 Å². The van der Waals surface area contributed by atoms with Crippen LogP contribution in [0.1, 0.15) is 24.1 Å². The molecule has 1 aliphatic heterocycles. The summed E-state index contributed by atoms with van der Waals surface area (Å²) in [6.45, 7) is 3.97. The number of imidazole rings is 1. The van der Waals surface area contributed by atoms with Crippen LogP contribution in [0.5, 0.6) is 0 Å². The number of rotatable bonds is 3. The molecule has 1 aromatic heterocycles. The molecule has 5 rings (SSSR count). The molecule has 0 fully saturated rings. The van der Waals surface area contributed by atoms with Gasteiger partial charge in [0, 0.05) is 16.4 Å². The van der Waals surface area contributed by atoms with Crippen LogP contribution in [0.4, 0.5) is 11.6 Å². The molecule has 1 atom stereocenters. The van der Waals surface area contributed by atoms with E-state index in [0.29, 0.717) is 16.3 Å². The summed E-state index contributed by atoms with van der Waals surface area (Å²) in [5.41, 5.74) is 6.17. The van der Waals surface area contributed by atoms with Crippen LogP contribution in [0.25, 0.3) is 11.0 Å². The highest BCUT2D eigenvalue weighted by Gasteiger charge is 2.34. The van der Waals surface area contributed by atoms with Gasteiger partial charge in [0.2, 0.25) is 5.95 Å². The Morgan fingerprint density at radius 3 is 2.45 bits per heavy atom. The third-order valence-electron chi connectivity index (χ3n) is 5.57. The van der Waals surface area contributed by atoms with Gasteiger partial charge in [-0.3, -0.25) is 9.36 Å². The molecule has 2 N–H and O–H groups in total. The number of allylic oxidation sites excluding steroid dienone is 1. The summed E-state index contributed by atoms with van der Waals surface area (Å²) in [7, 11) is 0. The highest BCUT2D eigenvalue weighted by atomic mass is 35.5. The maximum atomic E-state index is 13.5. The molecule has 0 aliphatic carbocycles. The lowest BCUT2D eigenvalue weighted by Crippen LogP contribution is -2.30. The van der Waals surface area contributed by atoms with Crippen LogP contribution in [0.2, 0.25) is 5.02 Å². The predicted molar refractivity (Wildman–Crippen MR) is 125 cm³/mol. The van der Waals surface area contributed by atoms with Gasteiger partial charge in [0.05, 0.1) is 22.6 Å². The second kappa shape index (κ2) is 7.60. The number of fused-ring (bicyclic) bond motifs is 3. The zero-order valence-electron chi connectivity index (χ0n) is 17.2. The summed E-state index contributed by atoms with van der Waals surface area (Å²) in [6, 6.07) is 23.1. The second-order valence-corrected chi connectivity index (χ2v) is 8.17. The second-order valence-electron chi connectivity index (χ2n) is 7.73. The van der Waals surface area contributed by atoms with Crippen molar-refractivity contribution in [1.82, 2.24) is 9.55 Å². The molecule has 0 radical (unpaired) electrons. The van der Waals surface area contributed by atoms with Crippen molar-refractivity contribution in [3.63, 3.8) is 0 Å². The van der Waals surface area contributed by atoms with E-state index in [0.717, 1.165) is 28.2 Å². The average molecular weight is 429 g/mol. The summed E-state index contributed by atoms with van der Waals surface area (Å²) in [5, 5.41) is 6.98. The number of hydrogen-bond acceptors (Lipinski definition) is 3. The summed E-state index contributed by atoms with van der Waals surface area (Å²) < 4.78 is 2.10. The van der Waals surface area contributed by atoms with Crippen molar-refractivity contribution in [3.05, 3.63) is 100 Å². The van der Waals surface area contributed by atoms with Crippen molar-refractivity contribution in [1.29, 1.82) is 0 Å². The first-order valence-electron chi connectivity index (χ1n) is 10.1. The Labute approximate surface area is 185 Å². The van der Waals surface area contributed by atoms with Gasteiger partial charge in [-0.15, -0.1) is 0 Å². The number of halogens is 1. The third-order valence-corrected chi connectivity index (χ3v) is 5.82. The lowest BCUT2D eigenvalue weighted by Gasteiger charge is -2.30. The predicted octanol–water partition coefficient (Wildman–Crippen LogP) is 5.93. The highest BCUT2D eigenvalue weighted by molar-refractivity contribution is 6.30. The van der Waals surface area contributed by atoms with Crippen LogP contribution < -0.4 is 10.6 Å². The molecule has 1 unspecified atom stereocenters. The van der Waals surface area contributed by atoms with Gasteiger partial charge in [0.25, 0.3) is 5.91 Å². The van der Waals surface area contributed by atoms with E-state index in [1.807, 2.05) is 31.2 Å². The van der Waals surface area contributed by atoms with Gasteiger partial charge in [0.1, 0.15) is 0 Å². The molecule has 5 nitrogen and oxygen atoms in total. The Morgan fingerprint density at radius 2 is 1.71 bits per heavy atom. The quantitative estimate of drug-likeness (QED) is 0.425. The number of carbonyl (C=O) groups excluding carboxylic acids is 1. The number of aromatic nitrogens is 2. The number of nitrogens with zero attached hydrogens (tertiary/aromatic N) is 2. The van der Waals surface area contributed by atoms with E-state index in [1.165, 1.54) is 5.56 Å². The fraction of sp³-hybridized carbons (Fsp3) is 0.120. The molecule has 31 heavy (non-hydrogen) atoms. The molecule has 1 amide bonds. The van der Waals surface area contributed by atoms with E-state index in [2.05, 4.69) is 46.4 Å². The first-order chi connectivity index (χ1) is 15.0. The zero-order chi connectivity index (χ0) is 21.5. The van der Waals surface area contributed by atoms with Gasteiger partial charge in [0.15, 0.2) is 0 Å². The number of amides is 1. The van der Waals surface area contributed by atoms with Crippen LogP contribution in [-0.2, 0) is 4.79 Å². The van der Waals surface area contributed by atoms with Crippen LogP contribution in [0, 0.1) is 6.92 Å². The van der Waals surface area contributed by atoms with Crippen LogP contribution in [-0.4, -0.2) is 15.5 Å². The Morgan fingerprint density at radius 1 is 1.00 bits per heavy atom. The Balaban J connectivity index is 1.65. The summed E-state index contributed by atoms with van der Waals surface area (Å²) >= 11 is 5.99. The molecular formula is C25H21ClN4O. The average Bonchev–Trinajstić information content (AvgIpc) is 3.13. The van der Waals surface area contributed by atoms with Crippen LogP contribution >= 0.6 is 11.6 Å². The van der Waals surface area contributed by atoms with Gasteiger partial charge >= 0.3 is 0 Å². The first-order valence-corrected chi connectivity index (χ1v) is 10.5.